The van der Waals surface area contributed by atoms with Crippen LogP contribution in [0.2, 0.25) is 0 Å². The number of imidazole rings is 1. The second-order valence-electron chi connectivity index (χ2n) is 13.2. The van der Waals surface area contributed by atoms with Crippen molar-refractivity contribution in [3.63, 3.8) is 0 Å². The fourth-order valence-electron chi connectivity index (χ4n) is 6.61. The highest BCUT2D eigenvalue weighted by Crippen LogP contribution is 2.33. The normalized spacial score (nSPS) is 22.8. The molecule has 240 valence electrons. The first-order valence-corrected chi connectivity index (χ1v) is 16.2. The standard InChI is InChI=1S/C34H43F2N7O2/c1-5-42-28-18-24(36)22(32(44)41-27-19-37-14-12-23(27)35)17-26(28)40-31(42)29-16-21-10-11-25-20(2)38-33(45)34(3,4)13-8-6-7-9-15-43(29)30(21)39-25/h10-11,16-18,20,23,27,37H,5-9,12-15,19H2,1-4H3,(H,38,45)(H,41,44)/t20-,23+,27+/m1/s1. The number of aromatic nitrogens is 4. The molecule has 0 saturated carbocycles. The number of hydrogen-bond donors (Lipinski definition) is 3. The number of pyridine rings is 1. The summed E-state index contributed by atoms with van der Waals surface area (Å²) in [6.45, 7) is 10.1. The third kappa shape index (κ3) is 6.06. The Hall–Kier alpha value is -3.86. The van der Waals surface area contributed by atoms with Gasteiger partial charge in [0.2, 0.25) is 5.91 Å². The average Bonchev–Trinajstić information content (AvgIpc) is 3.55. The fraction of sp³-hybridized carbons (Fsp3) is 0.529. The molecule has 45 heavy (non-hydrogen) atoms. The maximum absolute atomic E-state index is 15.4. The molecule has 9 nitrogen and oxygen atoms in total. The molecule has 2 aliphatic rings. The van der Waals surface area contributed by atoms with Crippen molar-refractivity contribution in [3.8, 4) is 11.5 Å². The zero-order valence-electron chi connectivity index (χ0n) is 26.6. The summed E-state index contributed by atoms with van der Waals surface area (Å²) in [5, 5.41) is 9.85. The van der Waals surface area contributed by atoms with Crippen LogP contribution in [0.4, 0.5) is 8.78 Å². The molecule has 6 rings (SSSR count). The first-order chi connectivity index (χ1) is 21.6. The van der Waals surface area contributed by atoms with Crippen molar-refractivity contribution in [1.82, 2.24) is 35.1 Å². The Balaban J connectivity index is 1.41. The van der Waals surface area contributed by atoms with E-state index < -0.39 is 29.4 Å². The minimum absolute atomic E-state index is 0.0295. The lowest BCUT2D eigenvalue weighted by atomic mass is 9.85. The number of carbonyl (C=O) groups is 2. The summed E-state index contributed by atoms with van der Waals surface area (Å²) < 4.78 is 34.0. The average molecular weight is 620 g/mol. The van der Waals surface area contributed by atoms with Gasteiger partial charge in [-0.2, -0.15) is 0 Å². The Kier molecular flexibility index (Phi) is 8.65. The topological polar surface area (TPSA) is 106 Å². The Morgan fingerprint density at radius 1 is 1.13 bits per heavy atom. The second kappa shape index (κ2) is 12.5. The summed E-state index contributed by atoms with van der Waals surface area (Å²) >= 11 is 0. The van der Waals surface area contributed by atoms with Gasteiger partial charge in [-0.1, -0.05) is 33.1 Å². The van der Waals surface area contributed by atoms with Crippen LogP contribution in [-0.4, -0.2) is 56.2 Å². The molecular weight excluding hydrogens is 576 g/mol. The molecule has 4 aromatic rings. The van der Waals surface area contributed by atoms with Gasteiger partial charge in [0.15, 0.2) is 5.82 Å². The molecule has 3 N–H and O–H groups in total. The lowest BCUT2D eigenvalue weighted by Crippen LogP contribution is -2.52. The molecule has 2 amide bonds. The van der Waals surface area contributed by atoms with Crippen LogP contribution in [0.1, 0.15) is 88.3 Å². The van der Waals surface area contributed by atoms with E-state index in [0.717, 1.165) is 61.1 Å². The van der Waals surface area contributed by atoms with Crippen molar-refractivity contribution >= 4 is 33.9 Å². The molecule has 2 aliphatic heterocycles. The highest BCUT2D eigenvalue weighted by molar-refractivity contribution is 5.98. The minimum atomic E-state index is -1.18. The van der Waals surface area contributed by atoms with Crippen LogP contribution in [0.25, 0.3) is 33.6 Å². The van der Waals surface area contributed by atoms with Crippen molar-refractivity contribution in [3.05, 3.63) is 47.4 Å². The molecule has 3 atom stereocenters. The predicted octanol–water partition coefficient (Wildman–Crippen LogP) is 5.81. The van der Waals surface area contributed by atoms with E-state index in [9.17, 15) is 14.0 Å². The highest BCUT2D eigenvalue weighted by atomic mass is 19.1. The molecule has 0 unspecified atom stereocenters. The molecule has 1 fully saturated rings. The number of amides is 2. The number of carbonyl (C=O) groups excluding carboxylic acids is 2. The molecular formula is C34H43F2N7O2. The SMILES string of the molecule is CCn1c(-c2cc3ccc4nc3n2CCCCCCC(C)(C)C(=O)N[C@@H]4C)nc2cc(C(=O)N[C@H]3CNCC[C@@H]3F)c(F)cc21. The predicted molar refractivity (Wildman–Crippen MR) is 171 cm³/mol. The molecule has 11 heteroatoms. The maximum Gasteiger partial charge on any atom is 0.254 e. The number of hydrogen-bond acceptors (Lipinski definition) is 5. The number of rotatable bonds is 4. The smallest absolute Gasteiger partial charge is 0.254 e. The van der Waals surface area contributed by atoms with Gasteiger partial charge in [0, 0.05) is 36.5 Å². The van der Waals surface area contributed by atoms with E-state index in [2.05, 4.69) is 26.6 Å². The highest BCUT2D eigenvalue weighted by Gasteiger charge is 2.30. The molecule has 1 saturated heterocycles. The first-order valence-electron chi connectivity index (χ1n) is 16.2. The van der Waals surface area contributed by atoms with Crippen LogP contribution in [0.3, 0.4) is 0 Å². The Morgan fingerprint density at radius 3 is 2.71 bits per heavy atom. The summed E-state index contributed by atoms with van der Waals surface area (Å²) in [5.41, 5.74) is 2.91. The Bertz CT molecular complexity index is 1740. The molecule has 3 aromatic heterocycles. The Labute approximate surface area is 262 Å². The van der Waals surface area contributed by atoms with Crippen molar-refractivity contribution in [2.24, 2.45) is 5.41 Å². The van der Waals surface area contributed by atoms with Crippen molar-refractivity contribution in [2.75, 3.05) is 13.1 Å². The molecule has 5 heterocycles. The first kappa shape index (κ1) is 31.1. The van der Waals surface area contributed by atoms with Gasteiger partial charge >= 0.3 is 0 Å². The van der Waals surface area contributed by atoms with Crippen LogP contribution in [0.5, 0.6) is 0 Å². The quantitative estimate of drug-likeness (QED) is 0.268. The zero-order chi connectivity index (χ0) is 31.9. The number of halogens is 2. The Morgan fingerprint density at radius 2 is 1.93 bits per heavy atom. The largest absolute Gasteiger partial charge is 0.348 e. The van der Waals surface area contributed by atoms with E-state index in [4.69, 9.17) is 9.97 Å². The van der Waals surface area contributed by atoms with Crippen molar-refractivity contribution in [1.29, 1.82) is 0 Å². The molecule has 0 spiro atoms. The van der Waals surface area contributed by atoms with E-state index in [1.807, 2.05) is 44.4 Å². The van der Waals surface area contributed by atoms with Crippen LogP contribution in [-0.2, 0) is 17.9 Å². The number of fused-ring (bicyclic) bond motifs is 2. The molecule has 0 radical (unpaired) electrons. The van der Waals surface area contributed by atoms with Gasteiger partial charge in [-0.15, -0.1) is 0 Å². The van der Waals surface area contributed by atoms with Crippen LogP contribution >= 0.6 is 0 Å². The molecule has 0 aliphatic carbocycles. The second-order valence-corrected chi connectivity index (χ2v) is 13.2. The molecule has 2 bridgehead atoms. The van der Waals surface area contributed by atoms with E-state index in [1.54, 1.807) is 0 Å². The zero-order valence-corrected chi connectivity index (χ0v) is 26.6. The summed E-state index contributed by atoms with van der Waals surface area (Å²) in [6, 6.07) is 7.88. The van der Waals surface area contributed by atoms with Crippen LogP contribution in [0.15, 0.2) is 30.3 Å². The number of nitrogens with zero attached hydrogens (tertiary/aromatic N) is 4. The molecule has 1 aromatic carbocycles. The van der Waals surface area contributed by atoms with Gasteiger partial charge in [-0.25, -0.2) is 18.7 Å². The van der Waals surface area contributed by atoms with Gasteiger partial charge in [-0.05, 0) is 63.9 Å². The third-order valence-electron chi connectivity index (χ3n) is 9.45. The van der Waals surface area contributed by atoms with Crippen molar-refractivity contribution in [2.45, 2.75) is 97.6 Å². The number of benzene rings is 1. The van der Waals surface area contributed by atoms with Gasteiger partial charge in [0.1, 0.15) is 17.6 Å². The van der Waals surface area contributed by atoms with E-state index in [-0.39, 0.29) is 17.5 Å². The number of nitrogens with one attached hydrogen (secondary N) is 3. The van der Waals surface area contributed by atoms with E-state index >= 15 is 4.39 Å². The minimum Gasteiger partial charge on any atom is -0.348 e. The lowest BCUT2D eigenvalue weighted by Gasteiger charge is -2.27. The lowest BCUT2D eigenvalue weighted by molar-refractivity contribution is -0.130. The van der Waals surface area contributed by atoms with Gasteiger partial charge in [0.25, 0.3) is 5.91 Å². The monoisotopic (exact) mass is 619 g/mol. The summed E-state index contributed by atoms with van der Waals surface area (Å²) in [5.74, 6) is -0.634. The van der Waals surface area contributed by atoms with Crippen LogP contribution in [0, 0.1) is 11.2 Å². The van der Waals surface area contributed by atoms with Crippen LogP contribution < -0.4 is 16.0 Å². The third-order valence-corrected chi connectivity index (χ3v) is 9.45. The van der Waals surface area contributed by atoms with Gasteiger partial charge in [-0.3, -0.25) is 9.59 Å². The van der Waals surface area contributed by atoms with Gasteiger partial charge in [0.05, 0.1) is 40.1 Å². The number of aryl methyl sites for hydroxylation is 2. The summed E-state index contributed by atoms with van der Waals surface area (Å²) in [6.07, 6.45) is 3.88. The maximum atomic E-state index is 15.4. The summed E-state index contributed by atoms with van der Waals surface area (Å²) in [7, 11) is 0. The number of alkyl halides is 1. The van der Waals surface area contributed by atoms with E-state index in [1.165, 1.54) is 12.1 Å². The number of piperidine rings is 1. The fourth-order valence-corrected chi connectivity index (χ4v) is 6.61. The summed E-state index contributed by atoms with van der Waals surface area (Å²) in [4.78, 5) is 36.2. The van der Waals surface area contributed by atoms with Crippen molar-refractivity contribution < 1.29 is 18.4 Å². The van der Waals surface area contributed by atoms with Gasteiger partial charge < -0.3 is 25.1 Å². The van der Waals surface area contributed by atoms with E-state index in [0.29, 0.717) is 42.9 Å².